The fourth-order valence-electron chi connectivity index (χ4n) is 2.28. The first-order valence-electron chi connectivity index (χ1n) is 6.65. The number of fused-ring (bicyclic) bond motifs is 1. The number of hydrogen-bond donors (Lipinski definition) is 2. The Morgan fingerprint density at radius 2 is 2.50 bits per heavy atom. The molecule has 0 radical (unpaired) electrons. The van der Waals surface area contributed by atoms with Crippen molar-refractivity contribution in [3.8, 4) is 6.07 Å². The van der Waals surface area contributed by atoms with E-state index in [4.69, 9.17) is 10.00 Å². The van der Waals surface area contributed by atoms with Gasteiger partial charge in [-0.15, -0.1) is 0 Å². The molecule has 20 heavy (non-hydrogen) atoms. The molecule has 0 saturated carbocycles. The van der Waals surface area contributed by atoms with Crippen LogP contribution >= 0.6 is 0 Å². The Kier molecular flexibility index (Phi) is 5.09. The van der Waals surface area contributed by atoms with Crippen LogP contribution in [0.4, 0.5) is 0 Å². The summed E-state index contributed by atoms with van der Waals surface area (Å²) >= 11 is 0. The van der Waals surface area contributed by atoms with Crippen molar-refractivity contribution >= 4 is 5.91 Å². The van der Waals surface area contributed by atoms with E-state index < -0.39 is 0 Å². The third kappa shape index (κ3) is 3.35. The standard InChI is InChI=1S/C13H19N5O2/c1-20-6-5-18(4-2-3-14)13(19)11-7-10-12(8-15-11)17-9-16-10/h9,11,15H,2,4-8H2,1H3,(H,16,17). The molecule has 1 aromatic heterocycles. The molecule has 0 spiro atoms. The van der Waals surface area contributed by atoms with Crippen LogP contribution in [-0.2, 0) is 22.5 Å². The average Bonchev–Trinajstić information content (AvgIpc) is 2.94. The van der Waals surface area contributed by atoms with Gasteiger partial charge in [0.15, 0.2) is 0 Å². The second-order valence-corrected chi connectivity index (χ2v) is 4.69. The van der Waals surface area contributed by atoms with Crippen molar-refractivity contribution in [1.29, 1.82) is 5.26 Å². The summed E-state index contributed by atoms with van der Waals surface area (Å²) in [5.74, 6) is 0.00551. The lowest BCUT2D eigenvalue weighted by molar-refractivity contribution is -0.134. The topological polar surface area (TPSA) is 94.0 Å². The number of nitrogens with one attached hydrogen (secondary N) is 2. The second kappa shape index (κ2) is 7.03. The van der Waals surface area contributed by atoms with Crippen molar-refractivity contribution < 1.29 is 9.53 Å². The van der Waals surface area contributed by atoms with Gasteiger partial charge in [-0.05, 0) is 0 Å². The van der Waals surface area contributed by atoms with Crippen molar-refractivity contribution in [2.24, 2.45) is 0 Å². The Labute approximate surface area is 117 Å². The van der Waals surface area contributed by atoms with Crippen LogP contribution in [-0.4, -0.2) is 53.6 Å². The summed E-state index contributed by atoms with van der Waals surface area (Å²) < 4.78 is 5.02. The van der Waals surface area contributed by atoms with Crippen LogP contribution in [0, 0.1) is 11.3 Å². The molecule has 1 aliphatic rings. The van der Waals surface area contributed by atoms with Gasteiger partial charge in [0.05, 0.1) is 42.9 Å². The van der Waals surface area contributed by atoms with Crippen LogP contribution in [0.5, 0.6) is 0 Å². The van der Waals surface area contributed by atoms with Crippen LogP contribution in [0.15, 0.2) is 6.33 Å². The zero-order chi connectivity index (χ0) is 14.4. The van der Waals surface area contributed by atoms with Gasteiger partial charge in [-0.1, -0.05) is 0 Å². The summed E-state index contributed by atoms with van der Waals surface area (Å²) in [6, 6.07) is 1.79. The first-order valence-corrected chi connectivity index (χ1v) is 6.65. The monoisotopic (exact) mass is 277 g/mol. The summed E-state index contributed by atoms with van der Waals surface area (Å²) in [4.78, 5) is 21.5. The summed E-state index contributed by atoms with van der Waals surface area (Å²) in [5.41, 5.74) is 1.98. The quantitative estimate of drug-likeness (QED) is 0.752. The van der Waals surface area contributed by atoms with E-state index in [9.17, 15) is 4.79 Å². The maximum absolute atomic E-state index is 12.5. The van der Waals surface area contributed by atoms with E-state index in [0.717, 1.165) is 11.4 Å². The van der Waals surface area contributed by atoms with Crippen molar-refractivity contribution in [1.82, 2.24) is 20.2 Å². The Hall–Kier alpha value is -1.91. The second-order valence-electron chi connectivity index (χ2n) is 4.69. The highest BCUT2D eigenvalue weighted by Gasteiger charge is 2.28. The molecule has 0 bridgehead atoms. The van der Waals surface area contributed by atoms with Gasteiger partial charge in [-0.3, -0.25) is 10.1 Å². The Balaban J connectivity index is 1.98. The molecule has 1 atom stereocenters. The van der Waals surface area contributed by atoms with Crippen LogP contribution in [0.1, 0.15) is 17.8 Å². The maximum Gasteiger partial charge on any atom is 0.240 e. The molecule has 0 fully saturated rings. The smallest absolute Gasteiger partial charge is 0.240 e. The molecule has 1 aliphatic heterocycles. The Morgan fingerprint density at radius 3 is 3.25 bits per heavy atom. The van der Waals surface area contributed by atoms with Gasteiger partial charge >= 0.3 is 0 Å². The number of nitriles is 1. The van der Waals surface area contributed by atoms with E-state index in [-0.39, 0.29) is 11.9 Å². The zero-order valence-corrected chi connectivity index (χ0v) is 11.6. The van der Waals surface area contributed by atoms with E-state index >= 15 is 0 Å². The molecule has 1 unspecified atom stereocenters. The van der Waals surface area contributed by atoms with Crippen LogP contribution in [0.2, 0.25) is 0 Å². The number of methoxy groups -OCH3 is 1. The minimum absolute atomic E-state index is 0.00551. The molecule has 7 heteroatoms. The van der Waals surface area contributed by atoms with E-state index in [2.05, 4.69) is 21.4 Å². The molecule has 0 saturated heterocycles. The highest BCUT2D eigenvalue weighted by molar-refractivity contribution is 5.82. The van der Waals surface area contributed by atoms with E-state index in [1.165, 1.54) is 0 Å². The zero-order valence-electron chi connectivity index (χ0n) is 11.6. The number of amides is 1. The third-order valence-electron chi connectivity index (χ3n) is 3.40. The average molecular weight is 277 g/mol. The molecular formula is C13H19N5O2. The molecular weight excluding hydrogens is 258 g/mol. The van der Waals surface area contributed by atoms with Crippen LogP contribution < -0.4 is 5.32 Å². The van der Waals surface area contributed by atoms with Crippen molar-refractivity contribution in [2.75, 3.05) is 26.8 Å². The number of carbonyl (C=O) groups excluding carboxylic acids is 1. The summed E-state index contributed by atoms with van der Waals surface area (Å²) in [6.07, 6.45) is 2.56. The molecule has 2 N–H and O–H groups in total. The number of ether oxygens (including phenoxy) is 1. The van der Waals surface area contributed by atoms with Crippen molar-refractivity contribution in [3.63, 3.8) is 0 Å². The van der Waals surface area contributed by atoms with Gasteiger partial charge in [0, 0.05) is 33.2 Å². The SMILES string of the molecule is COCCN(CCC#N)C(=O)C1Cc2nc[nH]c2CN1. The highest BCUT2D eigenvalue weighted by Crippen LogP contribution is 2.14. The molecule has 1 amide bonds. The van der Waals surface area contributed by atoms with E-state index in [1.807, 2.05) is 0 Å². The fraction of sp³-hybridized carbons (Fsp3) is 0.615. The van der Waals surface area contributed by atoms with Crippen LogP contribution in [0.3, 0.4) is 0 Å². The molecule has 1 aromatic rings. The van der Waals surface area contributed by atoms with Gasteiger partial charge < -0.3 is 14.6 Å². The highest BCUT2D eigenvalue weighted by atomic mass is 16.5. The third-order valence-corrected chi connectivity index (χ3v) is 3.40. The van der Waals surface area contributed by atoms with Crippen molar-refractivity contribution in [2.45, 2.75) is 25.4 Å². The molecule has 7 nitrogen and oxygen atoms in total. The molecule has 0 aromatic carbocycles. The maximum atomic E-state index is 12.5. The molecule has 2 heterocycles. The molecule has 2 rings (SSSR count). The Bertz CT molecular complexity index is 493. The lowest BCUT2D eigenvalue weighted by atomic mass is 10.0. The summed E-state index contributed by atoms with van der Waals surface area (Å²) in [5, 5.41) is 11.9. The number of imidazole rings is 1. The first kappa shape index (κ1) is 14.5. The van der Waals surface area contributed by atoms with Gasteiger partial charge in [0.2, 0.25) is 5.91 Å². The first-order chi connectivity index (χ1) is 9.76. The fourth-order valence-corrected chi connectivity index (χ4v) is 2.28. The minimum atomic E-state index is -0.277. The predicted molar refractivity (Wildman–Crippen MR) is 71.6 cm³/mol. The summed E-state index contributed by atoms with van der Waals surface area (Å²) in [7, 11) is 1.60. The Morgan fingerprint density at radius 1 is 1.65 bits per heavy atom. The molecule has 0 aliphatic carbocycles. The lowest BCUT2D eigenvalue weighted by Gasteiger charge is -2.29. The van der Waals surface area contributed by atoms with Crippen LogP contribution in [0.25, 0.3) is 0 Å². The van der Waals surface area contributed by atoms with Gasteiger partial charge in [-0.2, -0.15) is 5.26 Å². The molecule has 108 valence electrons. The lowest BCUT2D eigenvalue weighted by Crippen LogP contribution is -2.50. The van der Waals surface area contributed by atoms with Gasteiger partial charge in [0.25, 0.3) is 0 Å². The number of H-pyrrole nitrogens is 1. The van der Waals surface area contributed by atoms with Gasteiger partial charge in [-0.25, -0.2) is 4.98 Å². The minimum Gasteiger partial charge on any atom is -0.383 e. The number of carbonyl (C=O) groups is 1. The van der Waals surface area contributed by atoms with E-state index in [1.54, 1.807) is 18.3 Å². The number of hydrogen-bond acceptors (Lipinski definition) is 5. The largest absolute Gasteiger partial charge is 0.383 e. The predicted octanol–water partition coefficient (Wildman–Crippen LogP) is -0.187. The van der Waals surface area contributed by atoms with E-state index in [0.29, 0.717) is 39.1 Å². The number of rotatable bonds is 6. The number of aromatic amines is 1. The summed E-state index contributed by atoms with van der Waals surface area (Å²) in [6.45, 7) is 2.02. The van der Waals surface area contributed by atoms with Crippen molar-refractivity contribution in [3.05, 3.63) is 17.7 Å². The number of aromatic nitrogens is 2. The number of nitrogens with zero attached hydrogens (tertiary/aromatic N) is 3. The normalized spacial score (nSPS) is 17.3. The van der Waals surface area contributed by atoms with Gasteiger partial charge in [0.1, 0.15) is 0 Å².